The van der Waals surface area contributed by atoms with Crippen LogP contribution in [0.3, 0.4) is 0 Å². The summed E-state index contributed by atoms with van der Waals surface area (Å²) in [6, 6.07) is 6.47. The van der Waals surface area contributed by atoms with Crippen molar-refractivity contribution in [3.05, 3.63) is 29.3 Å². The minimum absolute atomic E-state index is 0.119. The van der Waals surface area contributed by atoms with Crippen LogP contribution in [0.25, 0.3) is 0 Å². The molecule has 162 valence electrons. The molecule has 0 aliphatic rings. The zero-order chi connectivity index (χ0) is 20.7. The van der Waals surface area contributed by atoms with E-state index in [9.17, 15) is 9.46 Å². The van der Waals surface area contributed by atoms with Crippen molar-refractivity contribution < 1.29 is 23.2 Å². The van der Waals surface area contributed by atoms with Gasteiger partial charge in [-0.15, -0.1) is 0 Å². The molecule has 1 aromatic rings. The summed E-state index contributed by atoms with van der Waals surface area (Å²) in [7, 11) is -4.25. The maximum atomic E-state index is 12.1. The fourth-order valence-corrected chi connectivity index (χ4v) is 4.06. The lowest BCUT2D eigenvalue weighted by Gasteiger charge is -2.18. The summed E-state index contributed by atoms with van der Waals surface area (Å²) in [4.78, 5) is 9.85. The third kappa shape index (κ3) is 12.8. The number of phosphoric acid groups is 1. The van der Waals surface area contributed by atoms with Gasteiger partial charge in [0.25, 0.3) is 0 Å². The molecule has 1 rings (SSSR count). The topological polar surface area (TPSA) is 65.0 Å². The summed E-state index contributed by atoms with van der Waals surface area (Å²) in [5.41, 5.74) is 0. The quantitative estimate of drug-likeness (QED) is 0.208. The first kappa shape index (κ1) is 25.5. The van der Waals surface area contributed by atoms with Gasteiger partial charge in [0.15, 0.2) is 0 Å². The van der Waals surface area contributed by atoms with Crippen molar-refractivity contribution in [1.82, 2.24) is 0 Å². The number of hydrogen-bond acceptors (Lipinski definition) is 4. The molecule has 28 heavy (non-hydrogen) atoms. The Morgan fingerprint density at radius 1 is 1.00 bits per heavy atom. The van der Waals surface area contributed by atoms with Crippen LogP contribution in [0.4, 0.5) is 0 Å². The van der Waals surface area contributed by atoms with Gasteiger partial charge in [-0.05, 0) is 25.5 Å². The summed E-state index contributed by atoms with van der Waals surface area (Å²) in [6.45, 7) is 4.79. The fraction of sp³-hybridized carbons (Fsp3) is 0.714. The van der Waals surface area contributed by atoms with Crippen LogP contribution in [0, 0.1) is 0 Å². The minimum atomic E-state index is -4.25. The summed E-state index contributed by atoms with van der Waals surface area (Å²) in [5, 5.41) is 0.255. The molecule has 0 fully saturated rings. The number of para-hydroxylation sites is 1. The van der Waals surface area contributed by atoms with Crippen LogP contribution in [-0.2, 0) is 13.8 Å². The highest BCUT2D eigenvalue weighted by Crippen LogP contribution is 2.46. The van der Waals surface area contributed by atoms with Gasteiger partial charge in [-0.3, -0.25) is 9.42 Å². The highest BCUT2D eigenvalue weighted by molar-refractivity contribution is 7.47. The van der Waals surface area contributed by atoms with Gasteiger partial charge in [0.1, 0.15) is 5.75 Å². The van der Waals surface area contributed by atoms with Crippen molar-refractivity contribution in [2.24, 2.45) is 0 Å². The standard InChI is InChI=1S/C21H36ClO5P/c1-3-4-5-6-7-8-9-10-11-14-17-25-18-19(2)26-28(23,24)27-21-16-13-12-15-20(21)22/h12-13,15-16,19H,3-11,14,17-18H2,1-2H3,(H,23,24)/t19-/m1/s1. The van der Waals surface area contributed by atoms with E-state index in [4.69, 9.17) is 25.4 Å². The summed E-state index contributed by atoms with van der Waals surface area (Å²) >= 11 is 5.92. The van der Waals surface area contributed by atoms with Gasteiger partial charge in [0.05, 0.1) is 17.7 Å². The number of phosphoric ester groups is 1. The van der Waals surface area contributed by atoms with Gasteiger partial charge in [0, 0.05) is 6.61 Å². The van der Waals surface area contributed by atoms with Crippen molar-refractivity contribution in [1.29, 1.82) is 0 Å². The van der Waals surface area contributed by atoms with Crippen molar-refractivity contribution in [3.63, 3.8) is 0 Å². The lowest BCUT2D eigenvalue weighted by Crippen LogP contribution is -2.16. The second kappa shape index (κ2) is 15.3. The molecule has 5 nitrogen and oxygen atoms in total. The average Bonchev–Trinajstić information content (AvgIpc) is 2.64. The molecule has 1 N–H and O–H groups in total. The van der Waals surface area contributed by atoms with E-state index in [1.807, 2.05) is 0 Å². The third-order valence-electron chi connectivity index (χ3n) is 4.36. The van der Waals surface area contributed by atoms with E-state index in [0.29, 0.717) is 6.61 Å². The van der Waals surface area contributed by atoms with Crippen molar-refractivity contribution in [2.75, 3.05) is 13.2 Å². The third-order valence-corrected chi connectivity index (χ3v) is 5.72. The van der Waals surface area contributed by atoms with Gasteiger partial charge >= 0.3 is 7.82 Å². The van der Waals surface area contributed by atoms with Crippen LogP contribution >= 0.6 is 19.4 Å². The van der Waals surface area contributed by atoms with E-state index in [1.165, 1.54) is 57.4 Å². The lowest BCUT2D eigenvalue weighted by molar-refractivity contribution is 0.0418. The number of ether oxygens (including phenoxy) is 1. The largest absolute Gasteiger partial charge is 0.527 e. The number of rotatable bonds is 17. The maximum absolute atomic E-state index is 12.1. The second-order valence-electron chi connectivity index (χ2n) is 7.16. The van der Waals surface area contributed by atoms with Gasteiger partial charge in [0.2, 0.25) is 0 Å². The van der Waals surface area contributed by atoms with Crippen LogP contribution < -0.4 is 4.52 Å². The molecule has 1 aromatic carbocycles. The molecule has 0 aliphatic carbocycles. The van der Waals surface area contributed by atoms with Crippen LogP contribution in [0.5, 0.6) is 5.75 Å². The van der Waals surface area contributed by atoms with Crippen LogP contribution in [-0.4, -0.2) is 24.2 Å². The van der Waals surface area contributed by atoms with E-state index < -0.39 is 13.9 Å². The molecule has 0 bridgehead atoms. The van der Waals surface area contributed by atoms with Gasteiger partial charge in [-0.1, -0.05) is 88.4 Å². The van der Waals surface area contributed by atoms with Gasteiger partial charge in [-0.2, -0.15) is 0 Å². The molecule has 0 aliphatic heterocycles. The van der Waals surface area contributed by atoms with Gasteiger partial charge < -0.3 is 9.26 Å². The Hall–Kier alpha value is -0.580. The smallest absolute Gasteiger partial charge is 0.403 e. The fourth-order valence-electron chi connectivity index (χ4n) is 2.86. The molecule has 2 atom stereocenters. The van der Waals surface area contributed by atoms with E-state index in [-0.39, 0.29) is 17.4 Å². The molecule has 0 radical (unpaired) electrons. The zero-order valence-corrected chi connectivity index (χ0v) is 18.9. The Morgan fingerprint density at radius 3 is 2.18 bits per heavy atom. The maximum Gasteiger partial charge on any atom is 0.527 e. The molecular formula is C21H36ClO5P. The molecule has 0 spiro atoms. The predicted molar refractivity (Wildman–Crippen MR) is 115 cm³/mol. The molecule has 0 heterocycles. The van der Waals surface area contributed by atoms with E-state index in [2.05, 4.69) is 6.92 Å². The van der Waals surface area contributed by atoms with Gasteiger partial charge in [-0.25, -0.2) is 4.57 Å². The number of benzene rings is 1. The Balaban J connectivity index is 2.03. The Morgan fingerprint density at radius 2 is 1.57 bits per heavy atom. The highest BCUT2D eigenvalue weighted by atomic mass is 35.5. The molecule has 1 unspecified atom stereocenters. The molecule has 0 saturated carbocycles. The minimum Gasteiger partial charge on any atom is -0.403 e. The zero-order valence-electron chi connectivity index (χ0n) is 17.3. The molecule has 0 saturated heterocycles. The van der Waals surface area contributed by atoms with Crippen molar-refractivity contribution in [2.45, 2.75) is 84.2 Å². The van der Waals surface area contributed by atoms with E-state index in [0.717, 1.165) is 12.8 Å². The van der Waals surface area contributed by atoms with Crippen LogP contribution in [0.15, 0.2) is 24.3 Å². The molecule has 0 aromatic heterocycles. The average molecular weight is 435 g/mol. The normalized spacial score (nSPS) is 14.6. The van der Waals surface area contributed by atoms with E-state index >= 15 is 0 Å². The van der Waals surface area contributed by atoms with E-state index in [1.54, 1.807) is 25.1 Å². The Bertz CT molecular complexity index is 569. The SMILES string of the molecule is CCCCCCCCCCCCOC[C@@H](C)OP(=O)(O)Oc1ccccc1Cl. The Labute approximate surface area is 175 Å². The first-order chi connectivity index (χ1) is 13.4. The molecule has 0 amide bonds. The second-order valence-corrected chi connectivity index (χ2v) is 8.90. The molecule has 7 heteroatoms. The highest BCUT2D eigenvalue weighted by Gasteiger charge is 2.27. The molecular weight excluding hydrogens is 399 g/mol. The Kier molecular flexibility index (Phi) is 13.9. The summed E-state index contributed by atoms with van der Waals surface area (Å²) in [6.07, 6.45) is 12.2. The lowest BCUT2D eigenvalue weighted by atomic mass is 10.1. The monoisotopic (exact) mass is 434 g/mol. The summed E-state index contributed by atoms with van der Waals surface area (Å²) in [5.74, 6) is 0.119. The van der Waals surface area contributed by atoms with Crippen LogP contribution in [0.2, 0.25) is 5.02 Å². The predicted octanol–water partition coefficient (Wildman–Crippen LogP) is 7.16. The number of hydrogen-bond donors (Lipinski definition) is 1. The van der Waals surface area contributed by atoms with Crippen LogP contribution in [0.1, 0.15) is 78.1 Å². The number of halogens is 1. The van der Waals surface area contributed by atoms with Crippen molar-refractivity contribution in [3.8, 4) is 5.75 Å². The van der Waals surface area contributed by atoms with Crippen molar-refractivity contribution >= 4 is 19.4 Å². The first-order valence-electron chi connectivity index (χ1n) is 10.5. The first-order valence-corrected chi connectivity index (χ1v) is 12.3. The number of unbranched alkanes of at least 4 members (excludes halogenated alkanes) is 9. The summed E-state index contributed by atoms with van der Waals surface area (Å²) < 4.78 is 27.7.